The van der Waals surface area contributed by atoms with Crippen LogP contribution >= 0.6 is 0 Å². The molecule has 1 aromatic heterocycles. The lowest BCUT2D eigenvalue weighted by molar-refractivity contribution is -0.130. The highest BCUT2D eigenvalue weighted by Gasteiger charge is 2.08. The molecule has 0 radical (unpaired) electrons. The molecule has 4 nitrogen and oxygen atoms in total. The lowest BCUT2D eigenvalue weighted by Gasteiger charge is -2.15. The van der Waals surface area contributed by atoms with Crippen molar-refractivity contribution in [1.29, 1.82) is 0 Å². The minimum atomic E-state index is 0.191. The highest BCUT2D eigenvalue weighted by Crippen LogP contribution is 2.03. The topological polar surface area (TPSA) is 38.1 Å². The van der Waals surface area contributed by atoms with Gasteiger partial charge in [0.25, 0.3) is 0 Å². The molecule has 0 aliphatic carbocycles. The van der Waals surface area contributed by atoms with E-state index in [0.717, 1.165) is 12.0 Å². The second kappa shape index (κ2) is 4.79. The van der Waals surface area contributed by atoms with E-state index in [1.54, 1.807) is 15.8 Å². The third kappa shape index (κ3) is 2.87. The van der Waals surface area contributed by atoms with E-state index in [9.17, 15) is 4.79 Å². The second-order valence-corrected chi connectivity index (χ2v) is 3.52. The molecule has 4 heteroatoms. The SMILES string of the molecule is CCCC(=O)N(C)Cc1cnn(C)c1. The molecule has 0 aliphatic rings. The van der Waals surface area contributed by atoms with E-state index >= 15 is 0 Å². The first-order valence-electron chi connectivity index (χ1n) is 4.85. The Hall–Kier alpha value is -1.32. The van der Waals surface area contributed by atoms with E-state index in [1.165, 1.54) is 0 Å². The Balaban J connectivity index is 2.48. The number of carbonyl (C=O) groups excluding carboxylic acids is 1. The largest absolute Gasteiger partial charge is 0.341 e. The molecule has 0 atom stereocenters. The van der Waals surface area contributed by atoms with Crippen molar-refractivity contribution < 1.29 is 4.79 Å². The Kier molecular flexibility index (Phi) is 3.68. The van der Waals surface area contributed by atoms with Crippen molar-refractivity contribution in [3.8, 4) is 0 Å². The summed E-state index contributed by atoms with van der Waals surface area (Å²) in [5.74, 6) is 0.191. The fourth-order valence-electron chi connectivity index (χ4n) is 1.32. The zero-order valence-electron chi connectivity index (χ0n) is 9.03. The first-order valence-corrected chi connectivity index (χ1v) is 4.85. The third-order valence-corrected chi connectivity index (χ3v) is 2.07. The zero-order chi connectivity index (χ0) is 10.6. The van der Waals surface area contributed by atoms with Gasteiger partial charge in [0.1, 0.15) is 0 Å². The Morgan fingerprint density at radius 2 is 2.36 bits per heavy atom. The van der Waals surface area contributed by atoms with Crippen LogP contribution in [0.25, 0.3) is 0 Å². The first kappa shape index (κ1) is 10.8. The van der Waals surface area contributed by atoms with Gasteiger partial charge < -0.3 is 4.90 Å². The van der Waals surface area contributed by atoms with E-state index in [4.69, 9.17) is 0 Å². The van der Waals surface area contributed by atoms with Crippen LogP contribution in [-0.2, 0) is 18.4 Å². The average molecular weight is 195 g/mol. The number of hydrogen-bond donors (Lipinski definition) is 0. The molecule has 0 aliphatic heterocycles. The van der Waals surface area contributed by atoms with Gasteiger partial charge in [-0.1, -0.05) is 6.92 Å². The van der Waals surface area contributed by atoms with Crippen LogP contribution in [0.2, 0.25) is 0 Å². The van der Waals surface area contributed by atoms with Gasteiger partial charge in [-0.2, -0.15) is 5.10 Å². The Morgan fingerprint density at radius 3 is 2.86 bits per heavy atom. The van der Waals surface area contributed by atoms with Crippen molar-refractivity contribution in [3.63, 3.8) is 0 Å². The van der Waals surface area contributed by atoms with Crippen molar-refractivity contribution >= 4 is 5.91 Å². The van der Waals surface area contributed by atoms with Gasteiger partial charge in [-0.25, -0.2) is 0 Å². The number of aromatic nitrogens is 2. The highest BCUT2D eigenvalue weighted by atomic mass is 16.2. The quantitative estimate of drug-likeness (QED) is 0.723. The van der Waals surface area contributed by atoms with E-state index in [0.29, 0.717) is 13.0 Å². The second-order valence-electron chi connectivity index (χ2n) is 3.52. The van der Waals surface area contributed by atoms with Crippen LogP contribution in [-0.4, -0.2) is 27.6 Å². The molecule has 1 amide bonds. The van der Waals surface area contributed by atoms with Crippen molar-refractivity contribution in [2.45, 2.75) is 26.3 Å². The number of hydrogen-bond acceptors (Lipinski definition) is 2. The maximum absolute atomic E-state index is 11.5. The molecule has 0 saturated carbocycles. The van der Waals surface area contributed by atoms with Gasteiger partial charge >= 0.3 is 0 Å². The average Bonchev–Trinajstić information content (AvgIpc) is 2.51. The van der Waals surface area contributed by atoms with E-state index in [2.05, 4.69) is 5.10 Å². The van der Waals surface area contributed by atoms with E-state index in [-0.39, 0.29) is 5.91 Å². The molecule has 1 heterocycles. The van der Waals surface area contributed by atoms with Crippen molar-refractivity contribution in [3.05, 3.63) is 18.0 Å². The van der Waals surface area contributed by atoms with Crippen LogP contribution in [0.5, 0.6) is 0 Å². The summed E-state index contributed by atoms with van der Waals surface area (Å²) in [5.41, 5.74) is 1.07. The van der Waals surface area contributed by atoms with Gasteiger partial charge in [0.05, 0.1) is 6.20 Å². The summed E-state index contributed by atoms with van der Waals surface area (Å²) in [5, 5.41) is 4.05. The molecule has 1 rings (SSSR count). The van der Waals surface area contributed by atoms with Crippen LogP contribution < -0.4 is 0 Å². The smallest absolute Gasteiger partial charge is 0.222 e. The Labute approximate surface area is 84.5 Å². The van der Waals surface area contributed by atoms with Crippen LogP contribution in [0, 0.1) is 0 Å². The predicted octanol–water partition coefficient (Wildman–Crippen LogP) is 1.18. The van der Waals surface area contributed by atoms with Crippen molar-refractivity contribution in [2.75, 3.05) is 7.05 Å². The van der Waals surface area contributed by atoms with Gasteiger partial charge in [-0.05, 0) is 6.42 Å². The Morgan fingerprint density at radius 1 is 1.64 bits per heavy atom. The summed E-state index contributed by atoms with van der Waals surface area (Å²) in [7, 11) is 3.70. The number of amides is 1. The van der Waals surface area contributed by atoms with Crippen LogP contribution in [0.15, 0.2) is 12.4 Å². The molecule has 0 bridgehead atoms. The molecule has 1 aromatic rings. The van der Waals surface area contributed by atoms with E-state index < -0.39 is 0 Å². The molecule has 0 unspecified atom stereocenters. The maximum atomic E-state index is 11.5. The Bertz CT molecular complexity index is 306. The molecule has 0 N–H and O–H groups in total. The zero-order valence-corrected chi connectivity index (χ0v) is 9.03. The van der Waals surface area contributed by atoms with Gasteiger partial charge in [-0.15, -0.1) is 0 Å². The lowest BCUT2D eigenvalue weighted by Crippen LogP contribution is -2.25. The molecule has 14 heavy (non-hydrogen) atoms. The normalized spacial score (nSPS) is 10.2. The fraction of sp³-hybridized carbons (Fsp3) is 0.600. The molecule has 0 spiro atoms. The maximum Gasteiger partial charge on any atom is 0.222 e. The summed E-state index contributed by atoms with van der Waals surface area (Å²) in [6.07, 6.45) is 5.23. The number of rotatable bonds is 4. The minimum absolute atomic E-state index is 0.191. The van der Waals surface area contributed by atoms with E-state index in [1.807, 2.05) is 27.2 Å². The molecular weight excluding hydrogens is 178 g/mol. The number of carbonyl (C=O) groups is 1. The number of nitrogens with zero attached hydrogens (tertiary/aromatic N) is 3. The summed E-state index contributed by atoms with van der Waals surface area (Å²) in [6.45, 7) is 2.66. The monoisotopic (exact) mass is 195 g/mol. The molecule has 0 fully saturated rings. The fourth-order valence-corrected chi connectivity index (χ4v) is 1.32. The van der Waals surface area contributed by atoms with Crippen molar-refractivity contribution in [1.82, 2.24) is 14.7 Å². The summed E-state index contributed by atoms with van der Waals surface area (Å²) in [4.78, 5) is 13.2. The van der Waals surface area contributed by atoms with Crippen LogP contribution in [0.4, 0.5) is 0 Å². The van der Waals surface area contributed by atoms with Gasteiger partial charge in [0.15, 0.2) is 0 Å². The third-order valence-electron chi connectivity index (χ3n) is 2.07. The van der Waals surface area contributed by atoms with Gasteiger partial charge in [-0.3, -0.25) is 9.48 Å². The van der Waals surface area contributed by atoms with Crippen LogP contribution in [0.1, 0.15) is 25.3 Å². The minimum Gasteiger partial charge on any atom is -0.341 e. The van der Waals surface area contributed by atoms with Gasteiger partial charge in [0, 0.05) is 38.8 Å². The molecule has 0 aromatic carbocycles. The highest BCUT2D eigenvalue weighted by molar-refractivity contribution is 5.75. The van der Waals surface area contributed by atoms with Crippen molar-refractivity contribution in [2.24, 2.45) is 7.05 Å². The van der Waals surface area contributed by atoms with Crippen LogP contribution in [0.3, 0.4) is 0 Å². The summed E-state index contributed by atoms with van der Waals surface area (Å²) in [6, 6.07) is 0. The standard InChI is InChI=1S/C10H17N3O/c1-4-5-10(14)12(2)7-9-6-11-13(3)8-9/h6,8H,4-5,7H2,1-3H3. The lowest BCUT2D eigenvalue weighted by atomic mass is 10.3. The first-order chi connectivity index (χ1) is 6.63. The summed E-state index contributed by atoms with van der Waals surface area (Å²) >= 11 is 0. The summed E-state index contributed by atoms with van der Waals surface area (Å²) < 4.78 is 1.74. The molecular formula is C10H17N3O. The van der Waals surface area contributed by atoms with Gasteiger partial charge in [0.2, 0.25) is 5.91 Å². The predicted molar refractivity (Wildman–Crippen MR) is 54.6 cm³/mol. The molecule has 78 valence electrons. The molecule has 0 saturated heterocycles. The number of aryl methyl sites for hydroxylation is 1.